The maximum absolute atomic E-state index is 12.6. The Morgan fingerprint density at radius 3 is 2.72 bits per heavy atom. The van der Waals surface area contributed by atoms with E-state index in [4.69, 9.17) is 16.3 Å². The Bertz CT molecular complexity index is 1180. The molecule has 0 aliphatic rings. The average molecular weight is 428 g/mol. The summed E-state index contributed by atoms with van der Waals surface area (Å²) in [5.41, 5.74) is 0.591. The molecule has 0 aliphatic heterocycles. The molecule has 2 heterocycles. The third kappa shape index (κ3) is 4.25. The van der Waals surface area contributed by atoms with Crippen molar-refractivity contribution in [3.63, 3.8) is 0 Å². The molecule has 1 amide bonds. The Labute approximate surface area is 174 Å². The summed E-state index contributed by atoms with van der Waals surface area (Å²) in [5.74, 6) is -0.929. The van der Waals surface area contributed by atoms with Gasteiger partial charge < -0.3 is 10.1 Å². The Hall–Kier alpha value is -3.30. The first kappa shape index (κ1) is 19.0. The van der Waals surface area contributed by atoms with Crippen LogP contribution in [0.25, 0.3) is 10.1 Å². The molecule has 0 aliphatic carbocycles. The van der Waals surface area contributed by atoms with Crippen LogP contribution in [0.4, 0.5) is 5.69 Å². The lowest BCUT2D eigenvalue weighted by Gasteiger charge is -2.10. The Balaban J connectivity index is 1.45. The molecule has 8 nitrogen and oxygen atoms in total. The summed E-state index contributed by atoms with van der Waals surface area (Å²) in [5, 5.41) is 14.8. The number of benzene rings is 2. The number of hydrogen-bond acceptors (Lipinski definition) is 7. The van der Waals surface area contributed by atoms with Gasteiger partial charge in [-0.15, -0.1) is 16.4 Å². The highest BCUT2D eigenvalue weighted by Crippen LogP contribution is 2.35. The number of esters is 1. The molecule has 146 valence electrons. The van der Waals surface area contributed by atoms with E-state index in [9.17, 15) is 9.59 Å². The van der Waals surface area contributed by atoms with Crippen LogP contribution in [-0.4, -0.2) is 32.1 Å². The second-order valence-corrected chi connectivity index (χ2v) is 7.53. The molecule has 0 spiro atoms. The zero-order valence-electron chi connectivity index (χ0n) is 14.9. The van der Waals surface area contributed by atoms with E-state index in [-0.39, 0.29) is 24.6 Å². The van der Waals surface area contributed by atoms with E-state index in [0.29, 0.717) is 10.7 Å². The number of carbonyl (C=O) groups excluding carboxylic acids is 2. The number of nitrogens with one attached hydrogen (secondary N) is 1. The largest absolute Gasteiger partial charge is 0.456 e. The fraction of sp³-hybridized carbons (Fsp3) is 0.105. The number of halogens is 1. The monoisotopic (exact) mass is 427 g/mol. The molecule has 1 N–H and O–H groups in total. The van der Waals surface area contributed by atoms with E-state index in [1.807, 2.05) is 24.3 Å². The number of nitrogens with zero attached hydrogens (tertiary/aromatic N) is 4. The lowest BCUT2D eigenvalue weighted by molar-refractivity contribution is -0.116. The number of rotatable bonds is 6. The molecule has 0 saturated heterocycles. The maximum Gasteiger partial charge on any atom is 0.340 e. The fourth-order valence-corrected chi connectivity index (χ4v) is 4.13. The predicted octanol–water partition coefficient (Wildman–Crippen LogP) is 3.54. The van der Waals surface area contributed by atoms with Crippen LogP contribution < -0.4 is 5.32 Å². The molecular formula is C19H14ClN5O3S. The molecule has 10 heteroatoms. The lowest BCUT2D eigenvalue weighted by atomic mass is 10.2. The first-order valence-corrected chi connectivity index (χ1v) is 9.74. The van der Waals surface area contributed by atoms with Gasteiger partial charge in [0.2, 0.25) is 5.91 Å². The van der Waals surface area contributed by atoms with Gasteiger partial charge in [0.05, 0.1) is 21.2 Å². The third-order valence-electron chi connectivity index (χ3n) is 4.05. The van der Waals surface area contributed by atoms with Gasteiger partial charge >= 0.3 is 5.97 Å². The van der Waals surface area contributed by atoms with Crippen molar-refractivity contribution in [3.8, 4) is 0 Å². The molecular weight excluding hydrogens is 414 g/mol. The number of carbonyl (C=O) groups is 2. The molecule has 0 bridgehead atoms. The van der Waals surface area contributed by atoms with Crippen LogP contribution in [0.5, 0.6) is 0 Å². The van der Waals surface area contributed by atoms with Crippen LogP contribution in [-0.2, 0) is 22.7 Å². The SMILES string of the molecule is O=C(Cn1cnnn1)Nc1ccccc1C(=O)OCc1sc2ccccc2c1Cl. The van der Waals surface area contributed by atoms with Gasteiger partial charge in [0.15, 0.2) is 0 Å². The molecule has 0 atom stereocenters. The summed E-state index contributed by atoms with van der Waals surface area (Å²) < 4.78 is 7.76. The highest BCUT2D eigenvalue weighted by atomic mass is 35.5. The Morgan fingerprint density at radius 2 is 1.93 bits per heavy atom. The third-order valence-corrected chi connectivity index (χ3v) is 5.74. The summed E-state index contributed by atoms with van der Waals surface area (Å²) in [7, 11) is 0. The van der Waals surface area contributed by atoms with Crippen molar-refractivity contribution in [1.82, 2.24) is 20.2 Å². The van der Waals surface area contributed by atoms with Crippen molar-refractivity contribution in [2.24, 2.45) is 0 Å². The Morgan fingerprint density at radius 1 is 1.14 bits per heavy atom. The average Bonchev–Trinajstić information content (AvgIpc) is 3.34. The van der Waals surface area contributed by atoms with Crippen molar-refractivity contribution in [1.29, 1.82) is 0 Å². The van der Waals surface area contributed by atoms with Gasteiger partial charge in [-0.25, -0.2) is 9.48 Å². The molecule has 0 radical (unpaired) electrons. The summed E-state index contributed by atoms with van der Waals surface area (Å²) in [6.45, 7) is -0.0301. The minimum Gasteiger partial charge on any atom is -0.456 e. The van der Waals surface area contributed by atoms with E-state index < -0.39 is 5.97 Å². The normalized spacial score (nSPS) is 10.8. The molecule has 0 fully saturated rings. The summed E-state index contributed by atoms with van der Waals surface area (Å²) >= 11 is 7.88. The van der Waals surface area contributed by atoms with Gasteiger partial charge in [-0.05, 0) is 28.6 Å². The quantitative estimate of drug-likeness (QED) is 0.472. The van der Waals surface area contributed by atoms with Crippen LogP contribution in [0.2, 0.25) is 5.02 Å². The Kier molecular flexibility index (Phi) is 5.50. The smallest absolute Gasteiger partial charge is 0.340 e. The molecule has 0 saturated carbocycles. The first-order valence-electron chi connectivity index (χ1n) is 8.54. The molecule has 29 heavy (non-hydrogen) atoms. The van der Waals surface area contributed by atoms with Gasteiger partial charge in [0, 0.05) is 10.1 Å². The van der Waals surface area contributed by atoms with Crippen molar-refractivity contribution >= 4 is 50.6 Å². The van der Waals surface area contributed by atoms with Gasteiger partial charge in [0.25, 0.3) is 0 Å². The van der Waals surface area contributed by atoms with Crippen molar-refractivity contribution in [2.45, 2.75) is 13.2 Å². The van der Waals surface area contributed by atoms with E-state index in [1.165, 1.54) is 22.3 Å². The van der Waals surface area contributed by atoms with Crippen LogP contribution in [0.1, 0.15) is 15.2 Å². The minimum atomic E-state index is -0.558. The highest BCUT2D eigenvalue weighted by molar-refractivity contribution is 7.19. The van der Waals surface area contributed by atoms with E-state index in [2.05, 4.69) is 20.8 Å². The van der Waals surface area contributed by atoms with Gasteiger partial charge in [-0.3, -0.25) is 4.79 Å². The first-order chi connectivity index (χ1) is 14.1. The topological polar surface area (TPSA) is 99.0 Å². The summed E-state index contributed by atoms with van der Waals surface area (Å²) in [4.78, 5) is 25.6. The number of aromatic nitrogens is 4. The highest BCUT2D eigenvalue weighted by Gasteiger charge is 2.17. The number of anilines is 1. The zero-order valence-corrected chi connectivity index (χ0v) is 16.5. The molecule has 2 aromatic heterocycles. The van der Waals surface area contributed by atoms with Crippen LogP contribution >= 0.6 is 22.9 Å². The minimum absolute atomic E-state index is 0.0456. The number of hydrogen-bond donors (Lipinski definition) is 1. The summed E-state index contributed by atoms with van der Waals surface area (Å²) in [6, 6.07) is 14.3. The number of ether oxygens (including phenoxy) is 1. The van der Waals surface area contributed by atoms with Crippen molar-refractivity contribution in [3.05, 3.63) is 70.3 Å². The number of amides is 1. The second kappa shape index (κ2) is 8.38. The predicted molar refractivity (Wildman–Crippen MR) is 109 cm³/mol. The lowest BCUT2D eigenvalue weighted by Crippen LogP contribution is -2.21. The van der Waals surface area contributed by atoms with E-state index in [0.717, 1.165) is 15.0 Å². The van der Waals surface area contributed by atoms with Gasteiger partial charge in [-0.1, -0.05) is 41.9 Å². The number of para-hydroxylation sites is 1. The number of tetrazole rings is 1. The second-order valence-electron chi connectivity index (χ2n) is 6.01. The van der Waals surface area contributed by atoms with Crippen molar-refractivity contribution < 1.29 is 14.3 Å². The molecule has 4 aromatic rings. The molecule has 0 unspecified atom stereocenters. The summed E-state index contributed by atoms with van der Waals surface area (Å²) in [6.07, 6.45) is 1.33. The van der Waals surface area contributed by atoms with Crippen LogP contribution in [0.15, 0.2) is 54.9 Å². The number of thiophene rings is 1. The standard InChI is InChI=1S/C19H14ClN5O3S/c20-18-13-6-2-4-8-15(13)29-16(18)10-28-19(27)12-5-1-3-7-14(12)22-17(26)9-25-11-21-23-24-25/h1-8,11H,9-10H2,(H,22,26). The van der Waals surface area contributed by atoms with Gasteiger partial charge in [-0.2, -0.15) is 0 Å². The van der Waals surface area contributed by atoms with E-state index >= 15 is 0 Å². The fourth-order valence-electron chi connectivity index (χ4n) is 2.73. The van der Waals surface area contributed by atoms with Crippen LogP contribution in [0.3, 0.4) is 0 Å². The zero-order chi connectivity index (χ0) is 20.2. The van der Waals surface area contributed by atoms with Gasteiger partial charge in [0.1, 0.15) is 19.5 Å². The van der Waals surface area contributed by atoms with E-state index in [1.54, 1.807) is 24.3 Å². The van der Waals surface area contributed by atoms with Crippen molar-refractivity contribution in [2.75, 3.05) is 5.32 Å². The number of fused-ring (bicyclic) bond motifs is 1. The maximum atomic E-state index is 12.6. The molecule has 4 rings (SSSR count). The van der Waals surface area contributed by atoms with Crippen LogP contribution in [0, 0.1) is 0 Å². The molecule has 2 aromatic carbocycles.